The van der Waals surface area contributed by atoms with Crippen molar-refractivity contribution in [3.63, 3.8) is 0 Å². The van der Waals surface area contributed by atoms with E-state index in [1.807, 2.05) is 43.3 Å². The molecule has 0 aliphatic carbocycles. The van der Waals surface area contributed by atoms with Crippen molar-refractivity contribution in [2.45, 2.75) is 29.7 Å². The van der Waals surface area contributed by atoms with Crippen LogP contribution >= 0.6 is 11.8 Å². The molecule has 2 heterocycles. The fraction of sp³-hybridized carbons (Fsp3) is 0.471. The molecule has 1 saturated heterocycles. The summed E-state index contributed by atoms with van der Waals surface area (Å²) in [6.45, 7) is 3.35. The number of halogens is 1. The first-order valence-electron chi connectivity index (χ1n) is 7.81. The number of aromatic nitrogens is 2. The van der Waals surface area contributed by atoms with E-state index in [0.717, 1.165) is 31.2 Å². The number of nitrogens with zero attached hydrogens (tertiary/aromatic N) is 3. The summed E-state index contributed by atoms with van der Waals surface area (Å²) in [6.07, 6.45) is 7.28. The SMILES string of the molecule is Cn1ccnc1SC1CCN(CCc2ccc(F)cc2)CC1. The van der Waals surface area contributed by atoms with Crippen molar-refractivity contribution in [2.75, 3.05) is 19.6 Å². The molecule has 1 fully saturated rings. The van der Waals surface area contributed by atoms with Crippen molar-refractivity contribution in [2.24, 2.45) is 7.05 Å². The van der Waals surface area contributed by atoms with E-state index in [9.17, 15) is 4.39 Å². The second-order valence-corrected chi connectivity index (χ2v) is 7.12. The molecule has 22 heavy (non-hydrogen) atoms. The van der Waals surface area contributed by atoms with Gasteiger partial charge in [-0.1, -0.05) is 23.9 Å². The number of benzene rings is 1. The second-order valence-electron chi connectivity index (χ2n) is 5.86. The van der Waals surface area contributed by atoms with Crippen LogP contribution in [0.15, 0.2) is 41.8 Å². The Morgan fingerprint density at radius 2 is 1.95 bits per heavy atom. The maximum absolute atomic E-state index is 12.9. The quantitative estimate of drug-likeness (QED) is 0.843. The molecule has 0 saturated carbocycles. The minimum atomic E-state index is -0.157. The van der Waals surface area contributed by atoms with Gasteiger partial charge in [-0.15, -0.1) is 0 Å². The molecule has 3 nitrogen and oxygen atoms in total. The van der Waals surface area contributed by atoms with Crippen LogP contribution in [0, 0.1) is 5.82 Å². The Morgan fingerprint density at radius 3 is 2.59 bits per heavy atom. The smallest absolute Gasteiger partial charge is 0.167 e. The summed E-state index contributed by atoms with van der Waals surface area (Å²) in [5.74, 6) is -0.157. The van der Waals surface area contributed by atoms with Gasteiger partial charge in [0.1, 0.15) is 5.82 Å². The first kappa shape index (κ1) is 15.6. The average molecular weight is 319 g/mol. The summed E-state index contributed by atoms with van der Waals surface area (Å²) in [5.41, 5.74) is 1.21. The van der Waals surface area contributed by atoms with E-state index in [-0.39, 0.29) is 5.82 Å². The van der Waals surface area contributed by atoms with Crippen LogP contribution in [0.5, 0.6) is 0 Å². The van der Waals surface area contributed by atoms with Crippen LogP contribution in [-0.4, -0.2) is 39.3 Å². The minimum Gasteiger partial charge on any atom is -0.329 e. The van der Waals surface area contributed by atoms with Gasteiger partial charge in [0.2, 0.25) is 0 Å². The molecule has 1 aliphatic heterocycles. The Morgan fingerprint density at radius 1 is 1.23 bits per heavy atom. The van der Waals surface area contributed by atoms with Gasteiger partial charge in [-0.05, 0) is 50.0 Å². The molecule has 1 aliphatic rings. The van der Waals surface area contributed by atoms with Crippen LogP contribution in [0.25, 0.3) is 0 Å². The molecule has 118 valence electrons. The zero-order valence-electron chi connectivity index (χ0n) is 12.9. The lowest BCUT2D eigenvalue weighted by Crippen LogP contribution is -2.36. The van der Waals surface area contributed by atoms with Crippen molar-refractivity contribution < 1.29 is 4.39 Å². The summed E-state index contributed by atoms with van der Waals surface area (Å²) in [6, 6.07) is 6.87. The highest BCUT2D eigenvalue weighted by Gasteiger charge is 2.21. The molecule has 0 amide bonds. The van der Waals surface area contributed by atoms with E-state index in [4.69, 9.17) is 0 Å². The number of hydrogen-bond donors (Lipinski definition) is 0. The lowest BCUT2D eigenvalue weighted by atomic mass is 10.1. The zero-order valence-corrected chi connectivity index (χ0v) is 13.7. The molecular formula is C17H22FN3S. The lowest BCUT2D eigenvalue weighted by molar-refractivity contribution is 0.235. The van der Waals surface area contributed by atoms with Gasteiger partial charge >= 0.3 is 0 Å². The van der Waals surface area contributed by atoms with Gasteiger partial charge in [0.25, 0.3) is 0 Å². The molecular weight excluding hydrogens is 297 g/mol. The van der Waals surface area contributed by atoms with Crippen molar-refractivity contribution in [3.8, 4) is 0 Å². The maximum atomic E-state index is 12.9. The van der Waals surface area contributed by atoms with Crippen LogP contribution in [0.4, 0.5) is 4.39 Å². The van der Waals surface area contributed by atoms with Gasteiger partial charge < -0.3 is 9.47 Å². The van der Waals surface area contributed by atoms with E-state index in [1.54, 1.807) is 12.1 Å². The van der Waals surface area contributed by atoms with E-state index >= 15 is 0 Å². The van der Waals surface area contributed by atoms with Gasteiger partial charge in [0.15, 0.2) is 5.16 Å². The fourth-order valence-corrected chi connectivity index (χ4v) is 3.90. The van der Waals surface area contributed by atoms with Crippen molar-refractivity contribution in [3.05, 3.63) is 48.0 Å². The fourth-order valence-electron chi connectivity index (χ4n) is 2.80. The van der Waals surface area contributed by atoms with E-state index in [1.165, 1.54) is 18.4 Å². The van der Waals surface area contributed by atoms with E-state index in [0.29, 0.717) is 5.25 Å². The molecule has 1 aromatic carbocycles. The number of hydrogen-bond acceptors (Lipinski definition) is 3. The third-order valence-electron chi connectivity index (χ3n) is 4.21. The first-order valence-corrected chi connectivity index (χ1v) is 8.69. The normalized spacial score (nSPS) is 17.0. The molecule has 0 bridgehead atoms. The summed E-state index contributed by atoms with van der Waals surface area (Å²) >= 11 is 1.90. The minimum absolute atomic E-state index is 0.157. The predicted molar refractivity (Wildman–Crippen MR) is 88.6 cm³/mol. The summed E-state index contributed by atoms with van der Waals surface area (Å²) in [4.78, 5) is 6.91. The number of aryl methyl sites for hydroxylation is 1. The Labute approximate surface area is 135 Å². The van der Waals surface area contributed by atoms with Crippen LogP contribution in [0.3, 0.4) is 0 Å². The zero-order chi connectivity index (χ0) is 15.4. The molecule has 1 aromatic heterocycles. The standard InChI is InChI=1S/C17H22FN3S/c1-20-13-9-19-17(20)22-16-7-11-21(12-8-16)10-6-14-2-4-15(18)5-3-14/h2-5,9,13,16H,6-8,10-12H2,1H3. The van der Waals surface area contributed by atoms with Gasteiger partial charge in [0.05, 0.1) is 0 Å². The molecule has 0 spiro atoms. The Balaban J connectivity index is 1.42. The molecule has 3 rings (SSSR count). The topological polar surface area (TPSA) is 21.1 Å². The van der Waals surface area contributed by atoms with Crippen LogP contribution in [-0.2, 0) is 13.5 Å². The molecule has 0 unspecified atom stereocenters. The molecule has 2 aromatic rings. The van der Waals surface area contributed by atoms with E-state index in [2.05, 4.69) is 14.5 Å². The highest BCUT2D eigenvalue weighted by Crippen LogP contribution is 2.28. The molecule has 0 radical (unpaired) electrons. The monoisotopic (exact) mass is 319 g/mol. The third-order valence-corrected chi connectivity index (χ3v) is 5.62. The largest absolute Gasteiger partial charge is 0.329 e. The molecule has 5 heteroatoms. The highest BCUT2D eigenvalue weighted by molar-refractivity contribution is 7.99. The van der Waals surface area contributed by atoms with Gasteiger partial charge in [-0.3, -0.25) is 0 Å². The van der Waals surface area contributed by atoms with Crippen molar-refractivity contribution in [1.82, 2.24) is 14.5 Å². The van der Waals surface area contributed by atoms with Gasteiger partial charge in [0, 0.05) is 31.2 Å². The molecule has 0 atom stereocenters. The lowest BCUT2D eigenvalue weighted by Gasteiger charge is -2.31. The number of piperidine rings is 1. The second kappa shape index (κ2) is 7.29. The third kappa shape index (κ3) is 4.11. The first-order chi connectivity index (χ1) is 10.7. The number of thioether (sulfide) groups is 1. The highest BCUT2D eigenvalue weighted by atomic mass is 32.2. The number of rotatable bonds is 5. The van der Waals surface area contributed by atoms with Crippen LogP contribution in [0.2, 0.25) is 0 Å². The average Bonchev–Trinajstić information content (AvgIpc) is 2.93. The van der Waals surface area contributed by atoms with Gasteiger partial charge in [-0.25, -0.2) is 9.37 Å². The summed E-state index contributed by atoms with van der Waals surface area (Å²) < 4.78 is 15.0. The number of likely N-dealkylation sites (tertiary alicyclic amines) is 1. The summed E-state index contributed by atoms with van der Waals surface area (Å²) in [7, 11) is 2.05. The van der Waals surface area contributed by atoms with Crippen LogP contribution < -0.4 is 0 Å². The summed E-state index contributed by atoms with van der Waals surface area (Å²) in [5, 5.41) is 1.79. The van der Waals surface area contributed by atoms with E-state index < -0.39 is 0 Å². The van der Waals surface area contributed by atoms with Crippen molar-refractivity contribution >= 4 is 11.8 Å². The van der Waals surface area contributed by atoms with Crippen LogP contribution in [0.1, 0.15) is 18.4 Å². The molecule has 0 N–H and O–H groups in total. The predicted octanol–water partition coefficient (Wildman–Crippen LogP) is 3.36. The Kier molecular flexibility index (Phi) is 5.16. The Hall–Kier alpha value is -1.33. The van der Waals surface area contributed by atoms with Crippen molar-refractivity contribution in [1.29, 1.82) is 0 Å². The Bertz CT molecular complexity index is 588. The number of imidazole rings is 1. The maximum Gasteiger partial charge on any atom is 0.167 e. The van der Waals surface area contributed by atoms with Gasteiger partial charge in [-0.2, -0.15) is 0 Å².